The van der Waals surface area contributed by atoms with E-state index in [1.54, 1.807) is 0 Å². The van der Waals surface area contributed by atoms with Gasteiger partial charge in [0, 0.05) is 17.0 Å². The van der Waals surface area contributed by atoms with Crippen LogP contribution in [-0.4, -0.2) is 17.1 Å². The van der Waals surface area contributed by atoms with Crippen molar-refractivity contribution in [3.63, 3.8) is 0 Å². The second kappa shape index (κ2) is 4.55. The molecule has 0 aliphatic heterocycles. The average molecular weight is 184 g/mol. The van der Waals surface area contributed by atoms with Crippen LogP contribution in [0.2, 0.25) is 0 Å². The van der Waals surface area contributed by atoms with Gasteiger partial charge in [-0.2, -0.15) is 0 Å². The van der Waals surface area contributed by atoms with Gasteiger partial charge in [-0.15, -0.1) is 0 Å². The summed E-state index contributed by atoms with van der Waals surface area (Å²) in [5.41, 5.74) is 6.21. The number of hydrogen-bond acceptors (Lipinski definition) is 2. The Morgan fingerprint density at radius 2 is 2.30 bits per heavy atom. The van der Waals surface area contributed by atoms with Crippen molar-refractivity contribution in [1.29, 1.82) is 0 Å². The molecule has 1 unspecified atom stereocenters. The molecule has 0 bridgehead atoms. The monoisotopic (exact) mass is 183 g/mol. The molecule has 0 rings (SSSR count). The van der Waals surface area contributed by atoms with E-state index >= 15 is 0 Å². The van der Waals surface area contributed by atoms with Crippen LogP contribution in [0.5, 0.6) is 0 Å². The number of carboxylic acid groups (broad SMARTS) is 1. The van der Waals surface area contributed by atoms with Gasteiger partial charge >= 0.3 is 5.97 Å². The van der Waals surface area contributed by atoms with Gasteiger partial charge in [-0.1, -0.05) is 23.2 Å². The van der Waals surface area contributed by atoms with E-state index in [0.29, 0.717) is 0 Å². The molecule has 3 N–H and O–H groups in total. The third kappa shape index (κ3) is 3.71. The molecule has 1 atom stereocenters. The van der Waals surface area contributed by atoms with Crippen molar-refractivity contribution < 1.29 is 9.90 Å². The van der Waals surface area contributed by atoms with Crippen molar-refractivity contribution in [3.8, 4) is 0 Å². The second-order valence-electron chi connectivity index (χ2n) is 1.70. The van der Waals surface area contributed by atoms with Gasteiger partial charge < -0.3 is 10.8 Å². The van der Waals surface area contributed by atoms with Gasteiger partial charge in [0.05, 0.1) is 0 Å². The first-order valence-corrected chi connectivity index (χ1v) is 3.32. The summed E-state index contributed by atoms with van der Waals surface area (Å²) in [6.07, 6.45) is 0.0698. The summed E-state index contributed by atoms with van der Waals surface area (Å²) in [6, 6.07) is -0.970. The molecule has 0 aromatic heterocycles. The van der Waals surface area contributed by atoms with Gasteiger partial charge in [-0.3, -0.25) is 4.79 Å². The zero-order chi connectivity index (χ0) is 8.15. The summed E-state index contributed by atoms with van der Waals surface area (Å²) in [5.74, 6) is -1.09. The first-order chi connectivity index (χ1) is 4.57. The number of aliphatic carboxylic acids is 1. The van der Waals surface area contributed by atoms with Crippen LogP contribution in [0.1, 0.15) is 6.42 Å². The lowest BCUT2D eigenvalue weighted by Gasteiger charge is -2.02. The van der Waals surface area contributed by atoms with E-state index in [0.717, 1.165) is 5.54 Å². The van der Waals surface area contributed by atoms with Crippen LogP contribution in [0.25, 0.3) is 0 Å². The number of halogens is 2. The van der Waals surface area contributed by atoms with Crippen molar-refractivity contribution in [3.05, 3.63) is 10.6 Å². The fourth-order valence-electron chi connectivity index (χ4n) is 0.342. The van der Waals surface area contributed by atoms with E-state index < -0.39 is 12.0 Å². The molecule has 5 heteroatoms. The summed E-state index contributed by atoms with van der Waals surface area (Å²) < 4.78 is 0. The van der Waals surface area contributed by atoms with Crippen molar-refractivity contribution >= 4 is 29.2 Å². The molecule has 0 aliphatic carbocycles. The van der Waals surface area contributed by atoms with Crippen molar-refractivity contribution in [2.24, 2.45) is 5.73 Å². The SMILES string of the molecule is NC(C/C(Cl)=C\Cl)C(=O)O. The lowest BCUT2D eigenvalue weighted by molar-refractivity contribution is -0.138. The van der Waals surface area contributed by atoms with Crippen LogP contribution in [0.4, 0.5) is 0 Å². The molecule has 0 radical (unpaired) electrons. The highest BCUT2D eigenvalue weighted by atomic mass is 35.5. The molecule has 0 aromatic rings. The number of nitrogens with two attached hydrogens (primary N) is 1. The maximum atomic E-state index is 10.1. The average Bonchev–Trinajstić information content (AvgIpc) is 1.87. The molecule has 0 amide bonds. The molecule has 0 heterocycles. The van der Waals surface area contributed by atoms with Crippen LogP contribution in [0, 0.1) is 0 Å². The van der Waals surface area contributed by atoms with Gasteiger partial charge in [0.1, 0.15) is 6.04 Å². The zero-order valence-corrected chi connectivity index (χ0v) is 6.56. The molecule has 0 spiro atoms. The molecule has 10 heavy (non-hydrogen) atoms. The summed E-state index contributed by atoms with van der Waals surface area (Å²) in [6.45, 7) is 0. The minimum absolute atomic E-state index is 0.0698. The van der Waals surface area contributed by atoms with Crippen LogP contribution >= 0.6 is 23.2 Å². The topological polar surface area (TPSA) is 63.3 Å². The molecule has 3 nitrogen and oxygen atoms in total. The van der Waals surface area contributed by atoms with E-state index in [1.165, 1.54) is 0 Å². The molecule has 0 saturated carbocycles. The second-order valence-corrected chi connectivity index (χ2v) is 2.41. The van der Waals surface area contributed by atoms with E-state index in [9.17, 15) is 4.79 Å². The minimum Gasteiger partial charge on any atom is -0.480 e. The van der Waals surface area contributed by atoms with Gasteiger partial charge in [0.25, 0.3) is 0 Å². The van der Waals surface area contributed by atoms with Gasteiger partial charge in [0.2, 0.25) is 0 Å². The van der Waals surface area contributed by atoms with Crippen molar-refractivity contribution in [2.45, 2.75) is 12.5 Å². The minimum atomic E-state index is -1.09. The fourth-order valence-corrected chi connectivity index (χ4v) is 0.597. The zero-order valence-electron chi connectivity index (χ0n) is 5.05. The Bertz CT molecular complexity index is 158. The van der Waals surface area contributed by atoms with Gasteiger partial charge in [0.15, 0.2) is 0 Å². The Kier molecular flexibility index (Phi) is 4.43. The normalized spacial score (nSPS) is 14.9. The van der Waals surface area contributed by atoms with E-state index in [-0.39, 0.29) is 11.5 Å². The Hall–Kier alpha value is -0.250. The third-order valence-corrected chi connectivity index (χ3v) is 1.49. The highest BCUT2D eigenvalue weighted by molar-refractivity contribution is 6.36. The molecular formula is C5H7Cl2NO2. The smallest absolute Gasteiger partial charge is 0.320 e. The summed E-state index contributed by atoms with van der Waals surface area (Å²) in [5, 5.41) is 8.52. The molecule has 58 valence electrons. The van der Waals surface area contributed by atoms with Crippen molar-refractivity contribution in [1.82, 2.24) is 0 Å². The third-order valence-electron chi connectivity index (χ3n) is 0.851. The van der Waals surface area contributed by atoms with Crippen LogP contribution in [0.15, 0.2) is 10.6 Å². The highest BCUT2D eigenvalue weighted by Crippen LogP contribution is 2.10. The van der Waals surface area contributed by atoms with Gasteiger partial charge in [-0.05, 0) is 0 Å². The molecule has 0 aliphatic rings. The lowest BCUT2D eigenvalue weighted by atomic mass is 10.2. The van der Waals surface area contributed by atoms with Crippen LogP contribution in [0.3, 0.4) is 0 Å². The summed E-state index contributed by atoms with van der Waals surface area (Å²) in [7, 11) is 0. The highest BCUT2D eigenvalue weighted by Gasteiger charge is 2.11. The Labute approximate surface area is 68.4 Å². The standard InChI is InChI=1S/C5H7Cl2NO2/c6-2-3(7)1-4(8)5(9)10/h2,4H,1,8H2,(H,9,10)/b3-2+. The molecule has 0 aromatic carbocycles. The van der Waals surface area contributed by atoms with Crippen molar-refractivity contribution in [2.75, 3.05) is 0 Å². The van der Waals surface area contributed by atoms with E-state index in [1.807, 2.05) is 0 Å². The van der Waals surface area contributed by atoms with Crippen LogP contribution in [-0.2, 0) is 4.79 Å². The van der Waals surface area contributed by atoms with E-state index in [2.05, 4.69) is 0 Å². The fraction of sp³-hybridized carbons (Fsp3) is 0.400. The predicted molar refractivity (Wildman–Crippen MR) is 40.0 cm³/mol. The number of carboxylic acids is 1. The summed E-state index contributed by atoms with van der Waals surface area (Å²) >= 11 is 10.5. The summed E-state index contributed by atoms with van der Waals surface area (Å²) in [4.78, 5) is 10.1. The Balaban J connectivity index is 3.80. The molecule has 0 fully saturated rings. The first-order valence-electron chi connectivity index (χ1n) is 2.51. The molecule has 0 saturated heterocycles. The maximum Gasteiger partial charge on any atom is 0.320 e. The number of hydrogen-bond donors (Lipinski definition) is 2. The number of rotatable bonds is 3. The Morgan fingerprint density at radius 3 is 2.60 bits per heavy atom. The number of carbonyl (C=O) groups is 1. The first kappa shape index (κ1) is 9.75. The lowest BCUT2D eigenvalue weighted by Crippen LogP contribution is -2.29. The van der Waals surface area contributed by atoms with Crippen LogP contribution < -0.4 is 5.73 Å². The predicted octanol–water partition coefficient (Wildman–Crippen LogP) is 1.11. The quantitative estimate of drug-likeness (QED) is 0.690. The largest absolute Gasteiger partial charge is 0.480 e. The Morgan fingerprint density at radius 1 is 1.80 bits per heavy atom. The van der Waals surface area contributed by atoms with E-state index in [4.69, 9.17) is 34.0 Å². The molecular weight excluding hydrogens is 177 g/mol. The maximum absolute atomic E-state index is 10.1. The van der Waals surface area contributed by atoms with Gasteiger partial charge in [-0.25, -0.2) is 0 Å².